The molecule has 26 heavy (non-hydrogen) atoms. The summed E-state index contributed by atoms with van der Waals surface area (Å²) in [7, 11) is 0. The lowest BCUT2D eigenvalue weighted by Gasteiger charge is -2.07. The monoisotopic (exact) mass is 348 g/mol. The molecule has 130 valence electrons. The van der Waals surface area contributed by atoms with Gasteiger partial charge >= 0.3 is 0 Å². The van der Waals surface area contributed by atoms with Crippen LogP contribution >= 0.6 is 0 Å². The largest absolute Gasteiger partial charge is 0.358 e. The molecule has 0 spiro atoms. The minimum absolute atomic E-state index is 0.217. The number of aromatic amines is 1. The first-order valence-electron chi connectivity index (χ1n) is 8.37. The number of fused-ring (bicyclic) bond motifs is 2. The number of carbonyl (C=O) groups excluding carboxylic acids is 1. The molecule has 4 aromatic rings. The number of benzene rings is 1. The second-order valence-electron chi connectivity index (χ2n) is 6.19. The molecule has 0 aliphatic carbocycles. The van der Waals surface area contributed by atoms with Gasteiger partial charge in [-0.1, -0.05) is 0 Å². The summed E-state index contributed by atoms with van der Waals surface area (Å²) in [6.45, 7) is 2.39. The Bertz CT molecular complexity index is 1110. The maximum absolute atomic E-state index is 13.5. The van der Waals surface area contributed by atoms with Crippen molar-refractivity contribution in [1.29, 1.82) is 0 Å². The van der Waals surface area contributed by atoms with Gasteiger partial charge in [-0.25, -0.2) is 4.39 Å². The molecule has 0 aliphatic heterocycles. The zero-order valence-electron chi connectivity index (χ0n) is 14.2. The number of nitrogens with one attached hydrogen (secondary N) is 2. The van der Waals surface area contributed by atoms with Gasteiger partial charge in [0, 0.05) is 47.1 Å². The van der Waals surface area contributed by atoms with Crippen LogP contribution in [0.25, 0.3) is 21.8 Å². The van der Waals surface area contributed by atoms with Crippen LogP contribution in [0.5, 0.6) is 0 Å². The molecule has 0 radical (unpaired) electrons. The van der Waals surface area contributed by atoms with Crippen molar-refractivity contribution in [1.82, 2.24) is 20.3 Å². The summed E-state index contributed by atoms with van der Waals surface area (Å²) in [5.41, 5.74) is 3.96. The van der Waals surface area contributed by atoms with E-state index < -0.39 is 0 Å². The lowest BCUT2D eigenvalue weighted by atomic mass is 10.1. The van der Waals surface area contributed by atoms with Crippen molar-refractivity contribution in [2.24, 2.45) is 0 Å². The normalized spacial score (nSPS) is 11.2. The van der Waals surface area contributed by atoms with Crippen molar-refractivity contribution in [3.8, 4) is 0 Å². The fourth-order valence-corrected chi connectivity index (χ4v) is 3.24. The topological polar surface area (TPSA) is 70.7 Å². The number of pyridine rings is 2. The zero-order valence-corrected chi connectivity index (χ0v) is 14.2. The van der Waals surface area contributed by atoms with E-state index in [1.807, 2.05) is 19.1 Å². The molecule has 0 aliphatic rings. The van der Waals surface area contributed by atoms with Crippen molar-refractivity contribution < 1.29 is 9.18 Å². The molecule has 0 saturated heterocycles. The SMILES string of the molecule is Cc1[nH]c2ccc(F)cc2c1CCNC(=O)c1cncc2cccnc12. The van der Waals surface area contributed by atoms with Crippen LogP contribution in [-0.2, 0) is 6.42 Å². The molecule has 3 aromatic heterocycles. The van der Waals surface area contributed by atoms with E-state index >= 15 is 0 Å². The predicted octanol–water partition coefficient (Wildman–Crippen LogP) is 3.53. The first-order chi connectivity index (χ1) is 12.6. The summed E-state index contributed by atoms with van der Waals surface area (Å²) in [4.78, 5) is 24.2. The first-order valence-corrected chi connectivity index (χ1v) is 8.37. The number of nitrogens with zero attached hydrogens (tertiary/aromatic N) is 2. The lowest BCUT2D eigenvalue weighted by molar-refractivity contribution is 0.0955. The highest BCUT2D eigenvalue weighted by atomic mass is 19.1. The number of amides is 1. The Kier molecular flexibility index (Phi) is 4.08. The summed E-state index contributed by atoms with van der Waals surface area (Å²) >= 11 is 0. The molecule has 0 bridgehead atoms. The van der Waals surface area contributed by atoms with Crippen molar-refractivity contribution >= 4 is 27.7 Å². The second-order valence-corrected chi connectivity index (χ2v) is 6.19. The van der Waals surface area contributed by atoms with Crippen LogP contribution in [0.2, 0.25) is 0 Å². The molecular formula is C20H17FN4O. The molecule has 1 amide bonds. The molecule has 0 saturated carbocycles. The van der Waals surface area contributed by atoms with E-state index in [0.29, 0.717) is 24.0 Å². The van der Waals surface area contributed by atoms with E-state index in [-0.39, 0.29) is 11.7 Å². The molecular weight excluding hydrogens is 331 g/mol. The van der Waals surface area contributed by atoms with Gasteiger partial charge in [-0.15, -0.1) is 0 Å². The third kappa shape index (κ3) is 2.90. The van der Waals surface area contributed by atoms with Crippen LogP contribution < -0.4 is 5.32 Å². The maximum atomic E-state index is 13.5. The Labute approximate surface area is 149 Å². The number of rotatable bonds is 4. The van der Waals surface area contributed by atoms with Crippen molar-refractivity contribution in [3.63, 3.8) is 0 Å². The first kappa shape index (κ1) is 16.2. The lowest BCUT2D eigenvalue weighted by Crippen LogP contribution is -2.26. The van der Waals surface area contributed by atoms with E-state index in [4.69, 9.17) is 0 Å². The highest BCUT2D eigenvalue weighted by Gasteiger charge is 2.13. The smallest absolute Gasteiger partial charge is 0.255 e. The van der Waals surface area contributed by atoms with Crippen molar-refractivity contribution in [3.05, 3.63) is 71.6 Å². The average molecular weight is 348 g/mol. The van der Waals surface area contributed by atoms with Gasteiger partial charge in [0.05, 0.1) is 11.1 Å². The number of hydrogen-bond donors (Lipinski definition) is 2. The van der Waals surface area contributed by atoms with Crippen LogP contribution in [0, 0.1) is 12.7 Å². The minimum Gasteiger partial charge on any atom is -0.358 e. The van der Waals surface area contributed by atoms with Gasteiger partial charge in [-0.2, -0.15) is 0 Å². The molecule has 0 fully saturated rings. The summed E-state index contributed by atoms with van der Waals surface area (Å²) in [5, 5.41) is 4.58. The third-order valence-corrected chi connectivity index (χ3v) is 4.50. The Hall–Kier alpha value is -3.28. The Balaban J connectivity index is 1.52. The molecule has 5 nitrogen and oxygen atoms in total. The highest BCUT2D eigenvalue weighted by molar-refractivity contribution is 6.04. The molecule has 1 aromatic carbocycles. The Morgan fingerprint density at radius 3 is 3.04 bits per heavy atom. The van der Waals surface area contributed by atoms with Crippen LogP contribution in [0.1, 0.15) is 21.6 Å². The van der Waals surface area contributed by atoms with Gasteiger partial charge in [0.25, 0.3) is 5.91 Å². The van der Waals surface area contributed by atoms with E-state index in [1.165, 1.54) is 18.3 Å². The van der Waals surface area contributed by atoms with Gasteiger partial charge in [0.15, 0.2) is 0 Å². The molecule has 6 heteroatoms. The summed E-state index contributed by atoms with van der Waals surface area (Å²) in [5.74, 6) is -0.486. The van der Waals surface area contributed by atoms with Crippen LogP contribution in [0.15, 0.2) is 48.9 Å². The van der Waals surface area contributed by atoms with Gasteiger partial charge in [0.1, 0.15) is 5.82 Å². The fraction of sp³-hybridized carbons (Fsp3) is 0.150. The number of aromatic nitrogens is 3. The summed E-state index contributed by atoms with van der Waals surface area (Å²) in [6.07, 6.45) is 5.47. The molecule has 4 rings (SSSR count). The van der Waals surface area contributed by atoms with Crippen LogP contribution in [-0.4, -0.2) is 27.4 Å². The molecule has 3 heterocycles. The highest BCUT2D eigenvalue weighted by Crippen LogP contribution is 2.23. The summed E-state index contributed by atoms with van der Waals surface area (Å²) < 4.78 is 13.5. The molecule has 2 N–H and O–H groups in total. The third-order valence-electron chi connectivity index (χ3n) is 4.50. The molecule has 0 atom stereocenters. The predicted molar refractivity (Wildman–Crippen MR) is 98.6 cm³/mol. The zero-order chi connectivity index (χ0) is 18.1. The average Bonchev–Trinajstić information content (AvgIpc) is 2.96. The number of halogens is 1. The summed E-state index contributed by atoms with van der Waals surface area (Å²) in [6, 6.07) is 8.37. The Morgan fingerprint density at radius 2 is 2.15 bits per heavy atom. The second kappa shape index (κ2) is 6.55. The van der Waals surface area contributed by atoms with Crippen LogP contribution in [0.3, 0.4) is 0 Å². The van der Waals surface area contributed by atoms with E-state index in [1.54, 1.807) is 18.5 Å². The van der Waals surface area contributed by atoms with Gasteiger partial charge in [0.2, 0.25) is 0 Å². The van der Waals surface area contributed by atoms with Gasteiger partial charge < -0.3 is 10.3 Å². The fourth-order valence-electron chi connectivity index (χ4n) is 3.24. The van der Waals surface area contributed by atoms with Gasteiger partial charge in [-0.3, -0.25) is 14.8 Å². The van der Waals surface area contributed by atoms with E-state index in [2.05, 4.69) is 20.3 Å². The minimum atomic E-state index is -0.269. The number of carbonyl (C=O) groups is 1. The van der Waals surface area contributed by atoms with E-state index in [0.717, 1.165) is 27.5 Å². The maximum Gasteiger partial charge on any atom is 0.255 e. The quantitative estimate of drug-likeness (QED) is 0.593. The standard InChI is InChI=1S/C20H17FN4O/c1-12-15(16-9-14(21)4-5-18(16)25-12)6-8-24-20(26)17-11-22-10-13-3-2-7-23-19(13)17/h2-5,7,9-11,25H,6,8H2,1H3,(H,24,26). The number of H-pyrrole nitrogens is 1. The Morgan fingerprint density at radius 1 is 1.27 bits per heavy atom. The number of hydrogen-bond acceptors (Lipinski definition) is 3. The number of aryl methyl sites for hydroxylation is 1. The van der Waals surface area contributed by atoms with Crippen LogP contribution in [0.4, 0.5) is 4.39 Å². The van der Waals surface area contributed by atoms with Crippen molar-refractivity contribution in [2.75, 3.05) is 6.54 Å². The van der Waals surface area contributed by atoms with Gasteiger partial charge in [-0.05, 0) is 49.2 Å². The molecule has 0 unspecified atom stereocenters. The van der Waals surface area contributed by atoms with Crippen molar-refractivity contribution in [2.45, 2.75) is 13.3 Å². The van der Waals surface area contributed by atoms with E-state index in [9.17, 15) is 9.18 Å².